The second-order valence-electron chi connectivity index (χ2n) is 4.89. The molecule has 1 N–H and O–H groups in total. The van der Waals surface area contributed by atoms with E-state index >= 15 is 0 Å². The molecule has 108 valence electrons. The van der Waals surface area contributed by atoms with Crippen molar-refractivity contribution in [3.05, 3.63) is 47.6 Å². The van der Waals surface area contributed by atoms with Crippen LogP contribution in [0.1, 0.15) is 30.2 Å². The lowest BCUT2D eigenvalue weighted by atomic mass is 10.1. The van der Waals surface area contributed by atoms with Gasteiger partial charge < -0.3 is 9.63 Å². The van der Waals surface area contributed by atoms with Gasteiger partial charge in [-0.1, -0.05) is 40.2 Å². The second kappa shape index (κ2) is 5.45. The molecule has 7 nitrogen and oxygen atoms in total. The molecule has 0 aliphatic rings. The fourth-order valence-electron chi connectivity index (χ4n) is 1.86. The fourth-order valence-corrected chi connectivity index (χ4v) is 1.86. The molecule has 2 aromatic heterocycles. The van der Waals surface area contributed by atoms with Crippen molar-refractivity contribution in [2.75, 3.05) is 0 Å². The Labute approximate surface area is 121 Å². The van der Waals surface area contributed by atoms with Gasteiger partial charge in [0.1, 0.15) is 12.2 Å². The van der Waals surface area contributed by atoms with Gasteiger partial charge >= 0.3 is 0 Å². The molecule has 1 atom stereocenters. The van der Waals surface area contributed by atoms with Gasteiger partial charge in [0.2, 0.25) is 11.7 Å². The Morgan fingerprint density at radius 2 is 2.05 bits per heavy atom. The third-order valence-electron chi connectivity index (χ3n) is 3.06. The van der Waals surface area contributed by atoms with E-state index in [0.29, 0.717) is 24.0 Å². The molecular weight excluding hydrogens is 270 g/mol. The number of hydrogen-bond donors (Lipinski definition) is 1. The molecule has 0 fully saturated rings. The second-order valence-corrected chi connectivity index (χ2v) is 4.89. The molecule has 1 aromatic carbocycles. The lowest BCUT2D eigenvalue weighted by Gasteiger charge is -1.95. The van der Waals surface area contributed by atoms with Gasteiger partial charge in [0.15, 0.2) is 0 Å². The molecule has 1 unspecified atom stereocenters. The lowest BCUT2D eigenvalue weighted by molar-refractivity contribution is 0.194. The van der Waals surface area contributed by atoms with Gasteiger partial charge in [-0.15, -0.1) is 5.10 Å². The maximum atomic E-state index is 9.41. The molecule has 0 saturated heterocycles. The van der Waals surface area contributed by atoms with Crippen molar-refractivity contribution in [3.8, 4) is 11.4 Å². The van der Waals surface area contributed by atoms with E-state index in [0.717, 1.165) is 5.56 Å². The van der Waals surface area contributed by atoms with E-state index in [9.17, 15) is 5.11 Å². The van der Waals surface area contributed by atoms with Crippen LogP contribution >= 0.6 is 0 Å². The predicted octanol–water partition coefficient (Wildman–Crippen LogP) is 1.74. The van der Waals surface area contributed by atoms with E-state index in [1.54, 1.807) is 17.8 Å². The highest BCUT2D eigenvalue weighted by Crippen LogP contribution is 2.16. The summed E-state index contributed by atoms with van der Waals surface area (Å²) in [5.74, 6) is 0.980. The number of benzene rings is 1. The number of hydrogen-bond acceptors (Lipinski definition) is 6. The van der Waals surface area contributed by atoms with Crippen LogP contribution in [0.25, 0.3) is 11.4 Å². The smallest absolute Gasteiger partial charge is 0.248 e. The average molecular weight is 285 g/mol. The van der Waals surface area contributed by atoms with E-state index in [1.807, 2.05) is 31.2 Å². The lowest BCUT2D eigenvalue weighted by Crippen LogP contribution is -2.00. The average Bonchev–Trinajstić information content (AvgIpc) is 3.10. The normalized spacial score (nSPS) is 12.5. The molecule has 0 aliphatic heterocycles. The van der Waals surface area contributed by atoms with Gasteiger partial charge in [0, 0.05) is 5.56 Å². The number of aryl methyl sites for hydroxylation is 1. The van der Waals surface area contributed by atoms with Crippen molar-refractivity contribution < 1.29 is 9.63 Å². The summed E-state index contributed by atoms with van der Waals surface area (Å²) < 4.78 is 6.76. The van der Waals surface area contributed by atoms with E-state index in [-0.39, 0.29) is 0 Å². The van der Waals surface area contributed by atoms with E-state index < -0.39 is 6.10 Å². The van der Waals surface area contributed by atoms with E-state index in [1.165, 1.54) is 5.56 Å². The summed E-state index contributed by atoms with van der Waals surface area (Å²) in [5, 5.41) is 21.1. The summed E-state index contributed by atoms with van der Waals surface area (Å²) >= 11 is 0. The Kier molecular flexibility index (Phi) is 3.49. The van der Waals surface area contributed by atoms with Gasteiger partial charge in [-0.3, -0.25) is 0 Å². The first kappa shape index (κ1) is 13.4. The third kappa shape index (κ3) is 2.97. The van der Waals surface area contributed by atoms with Crippen LogP contribution in [-0.2, 0) is 6.54 Å². The standard InChI is InChI=1S/C14H15N5O2/c1-9-3-5-11(6-4-9)14-15-13(21-17-14)8-19-7-12(10(2)20)16-18-19/h3-7,10,20H,8H2,1-2H3. The molecular formula is C14H15N5O2. The Morgan fingerprint density at radius 1 is 1.29 bits per heavy atom. The fraction of sp³-hybridized carbons (Fsp3) is 0.286. The van der Waals surface area contributed by atoms with Crippen LogP contribution in [0.4, 0.5) is 0 Å². The summed E-state index contributed by atoms with van der Waals surface area (Å²) in [7, 11) is 0. The highest BCUT2D eigenvalue weighted by atomic mass is 16.5. The van der Waals surface area contributed by atoms with Crippen molar-refractivity contribution in [1.82, 2.24) is 25.1 Å². The largest absolute Gasteiger partial charge is 0.387 e. The van der Waals surface area contributed by atoms with Crippen molar-refractivity contribution in [2.24, 2.45) is 0 Å². The van der Waals surface area contributed by atoms with Gasteiger partial charge in [-0.2, -0.15) is 4.98 Å². The Morgan fingerprint density at radius 3 is 2.71 bits per heavy atom. The van der Waals surface area contributed by atoms with Crippen molar-refractivity contribution in [3.63, 3.8) is 0 Å². The van der Waals surface area contributed by atoms with Crippen molar-refractivity contribution in [2.45, 2.75) is 26.5 Å². The molecule has 0 amide bonds. The summed E-state index contributed by atoms with van der Waals surface area (Å²) in [6, 6.07) is 7.89. The topological polar surface area (TPSA) is 89.9 Å². The van der Waals surface area contributed by atoms with Crippen LogP contribution < -0.4 is 0 Å². The molecule has 21 heavy (non-hydrogen) atoms. The van der Waals surface area contributed by atoms with Crippen LogP contribution in [0.5, 0.6) is 0 Å². The number of aromatic nitrogens is 5. The van der Waals surface area contributed by atoms with Gasteiger partial charge in [0.25, 0.3) is 0 Å². The quantitative estimate of drug-likeness (QED) is 0.785. The molecule has 0 bridgehead atoms. The number of aliphatic hydroxyl groups is 1. The molecule has 0 aliphatic carbocycles. The first-order chi connectivity index (χ1) is 10.1. The van der Waals surface area contributed by atoms with E-state index in [4.69, 9.17) is 4.52 Å². The van der Waals surface area contributed by atoms with Gasteiger partial charge in [-0.25, -0.2) is 4.68 Å². The Bertz CT molecular complexity index is 730. The van der Waals surface area contributed by atoms with E-state index in [2.05, 4.69) is 20.5 Å². The first-order valence-corrected chi connectivity index (χ1v) is 6.59. The third-order valence-corrected chi connectivity index (χ3v) is 3.06. The van der Waals surface area contributed by atoms with Crippen molar-refractivity contribution in [1.29, 1.82) is 0 Å². The van der Waals surface area contributed by atoms with Crippen LogP contribution in [0, 0.1) is 6.92 Å². The molecule has 3 aromatic rings. The minimum absolute atomic E-state index is 0.318. The van der Waals surface area contributed by atoms with Gasteiger partial charge in [0.05, 0.1) is 12.3 Å². The van der Waals surface area contributed by atoms with Crippen molar-refractivity contribution >= 4 is 0 Å². The highest BCUT2D eigenvalue weighted by Gasteiger charge is 2.11. The Hall–Kier alpha value is -2.54. The number of aliphatic hydroxyl groups excluding tert-OH is 1. The minimum atomic E-state index is -0.649. The maximum absolute atomic E-state index is 9.41. The minimum Gasteiger partial charge on any atom is -0.387 e. The summed E-state index contributed by atoms with van der Waals surface area (Å²) in [4.78, 5) is 4.33. The molecule has 2 heterocycles. The summed E-state index contributed by atoms with van der Waals surface area (Å²) in [6.07, 6.45) is 1.00. The van der Waals surface area contributed by atoms with Crippen LogP contribution in [-0.4, -0.2) is 30.2 Å². The monoisotopic (exact) mass is 285 g/mol. The molecule has 7 heteroatoms. The zero-order valence-electron chi connectivity index (χ0n) is 11.8. The molecule has 3 rings (SSSR count). The highest BCUT2D eigenvalue weighted by molar-refractivity contribution is 5.54. The maximum Gasteiger partial charge on any atom is 0.248 e. The summed E-state index contributed by atoms with van der Waals surface area (Å²) in [5.41, 5.74) is 2.59. The number of rotatable bonds is 4. The Balaban J connectivity index is 1.76. The zero-order valence-corrected chi connectivity index (χ0v) is 11.8. The SMILES string of the molecule is Cc1ccc(-c2noc(Cn3cc(C(C)O)nn3)n2)cc1. The predicted molar refractivity (Wildman–Crippen MR) is 74.2 cm³/mol. The molecule has 0 saturated carbocycles. The van der Waals surface area contributed by atoms with Crippen LogP contribution in [0.2, 0.25) is 0 Å². The molecule has 0 spiro atoms. The summed E-state index contributed by atoms with van der Waals surface area (Å²) in [6.45, 7) is 3.98. The number of nitrogens with zero attached hydrogens (tertiary/aromatic N) is 5. The first-order valence-electron chi connectivity index (χ1n) is 6.59. The zero-order chi connectivity index (χ0) is 14.8. The molecule has 0 radical (unpaired) electrons. The van der Waals surface area contributed by atoms with Gasteiger partial charge in [-0.05, 0) is 13.8 Å². The van der Waals surface area contributed by atoms with Crippen LogP contribution in [0.15, 0.2) is 35.0 Å². The van der Waals surface area contributed by atoms with Crippen LogP contribution in [0.3, 0.4) is 0 Å².